The number of hydrogen-bond acceptors (Lipinski definition) is 5. The number of nitrogens with two attached hydrogens (primary N) is 1. The number of esters is 1. The Bertz CT molecular complexity index is 634. The van der Waals surface area contributed by atoms with Crippen molar-refractivity contribution in [2.45, 2.75) is 24.5 Å². The zero-order valence-electron chi connectivity index (χ0n) is 11.7. The molecular formula is C15H17NO3S. The molecule has 0 atom stereocenters. The molecule has 0 spiro atoms. The summed E-state index contributed by atoms with van der Waals surface area (Å²) in [6, 6.07) is 7.78. The van der Waals surface area contributed by atoms with Gasteiger partial charge in [0.15, 0.2) is 0 Å². The Morgan fingerprint density at radius 1 is 1.35 bits per heavy atom. The molecule has 20 heavy (non-hydrogen) atoms. The topological polar surface area (TPSA) is 65.5 Å². The highest BCUT2D eigenvalue weighted by Crippen LogP contribution is 2.31. The van der Waals surface area contributed by atoms with Gasteiger partial charge in [-0.2, -0.15) is 0 Å². The van der Waals surface area contributed by atoms with E-state index in [9.17, 15) is 4.79 Å². The molecule has 106 valence electrons. The summed E-state index contributed by atoms with van der Waals surface area (Å²) in [4.78, 5) is 12.5. The number of para-hydroxylation sites is 1. The van der Waals surface area contributed by atoms with Gasteiger partial charge in [0.25, 0.3) is 0 Å². The molecular weight excluding hydrogens is 274 g/mol. The standard InChI is InChI=1S/C15H17NO3S/c1-9-5-4-6-12(13(9)16)20-8-11-7-10(2)14(19-11)15(17)18-3/h4-7H,8,16H2,1-3H3. The zero-order chi connectivity index (χ0) is 14.7. The fraction of sp³-hybridized carbons (Fsp3) is 0.267. The number of carbonyl (C=O) groups is 1. The monoisotopic (exact) mass is 291 g/mol. The second kappa shape index (κ2) is 6.05. The van der Waals surface area contributed by atoms with E-state index in [0.29, 0.717) is 5.75 Å². The van der Waals surface area contributed by atoms with Crippen LogP contribution in [0.5, 0.6) is 0 Å². The van der Waals surface area contributed by atoms with Crippen molar-refractivity contribution in [3.63, 3.8) is 0 Å². The zero-order valence-corrected chi connectivity index (χ0v) is 12.5. The Balaban J connectivity index is 2.12. The van der Waals surface area contributed by atoms with Gasteiger partial charge in [-0.05, 0) is 31.5 Å². The lowest BCUT2D eigenvalue weighted by atomic mass is 10.2. The summed E-state index contributed by atoms with van der Waals surface area (Å²) in [5.74, 6) is 1.16. The second-order valence-corrected chi connectivity index (χ2v) is 5.51. The van der Waals surface area contributed by atoms with Crippen LogP contribution in [-0.2, 0) is 10.5 Å². The number of carbonyl (C=O) groups excluding carboxylic acids is 1. The van der Waals surface area contributed by atoms with Gasteiger partial charge in [-0.3, -0.25) is 0 Å². The maximum Gasteiger partial charge on any atom is 0.374 e. The Hall–Kier alpha value is -1.88. The van der Waals surface area contributed by atoms with E-state index in [4.69, 9.17) is 10.2 Å². The summed E-state index contributed by atoms with van der Waals surface area (Å²) >= 11 is 1.58. The van der Waals surface area contributed by atoms with Crippen LogP contribution in [-0.4, -0.2) is 13.1 Å². The molecule has 0 aliphatic rings. The minimum absolute atomic E-state index is 0.264. The number of thioether (sulfide) groups is 1. The molecule has 2 N–H and O–H groups in total. The number of methoxy groups -OCH3 is 1. The second-order valence-electron chi connectivity index (χ2n) is 4.49. The molecule has 0 amide bonds. The molecule has 1 heterocycles. The third-order valence-electron chi connectivity index (χ3n) is 2.99. The number of hydrogen-bond donors (Lipinski definition) is 1. The Kier molecular flexibility index (Phi) is 4.39. The molecule has 0 unspecified atom stereocenters. The van der Waals surface area contributed by atoms with Crippen molar-refractivity contribution in [1.29, 1.82) is 0 Å². The highest BCUT2D eigenvalue weighted by atomic mass is 32.2. The van der Waals surface area contributed by atoms with Gasteiger partial charge in [-0.1, -0.05) is 12.1 Å². The van der Waals surface area contributed by atoms with E-state index in [1.54, 1.807) is 11.8 Å². The SMILES string of the molecule is COC(=O)c1oc(CSc2cccc(C)c2N)cc1C. The van der Waals surface area contributed by atoms with Gasteiger partial charge in [0.2, 0.25) is 5.76 Å². The van der Waals surface area contributed by atoms with Crippen LogP contribution in [0.4, 0.5) is 5.69 Å². The molecule has 0 bridgehead atoms. The number of aryl methyl sites for hydroxylation is 2. The van der Waals surface area contributed by atoms with E-state index in [-0.39, 0.29) is 5.76 Å². The first kappa shape index (κ1) is 14.5. The van der Waals surface area contributed by atoms with Gasteiger partial charge in [0.1, 0.15) is 5.76 Å². The molecule has 1 aromatic heterocycles. The van der Waals surface area contributed by atoms with Gasteiger partial charge in [0, 0.05) is 16.1 Å². The average Bonchev–Trinajstić information content (AvgIpc) is 2.81. The van der Waals surface area contributed by atoms with Crippen molar-refractivity contribution >= 4 is 23.4 Å². The van der Waals surface area contributed by atoms with Crippen molar-refractivity contribution in [1.82, 2.24) is 0 Å². The van der Waals surface area contributed by atoms with Crippen LogP contribution in [0.15, 0.2) is 33.6 Å². The molecule has 2 aromatic rings. The van der Waals surface area contributed by atoms with Gasteiger partial charge in [0.05, 0.1) is 12.9 Å². The lowest BCUT2D eigenvalue weighted by Gasteiger charge is -2.06. The van der Waals surface area contributed by atoms with Gasteiger partial charge in [-0.25, -0.2) is 4.79 Å². The molecule has 0 saturated heterocycles. The van der Waals surface area contributed by atoms with Crippen LogP contribution in [0.25, 0.3) is 0 Å². The molecule has 0 radical (unpaired) electrons. The van der Waals surface area contributed by atoms with Crippen LogP contribution >= 0.6 is 11.8 Å². The summed E-state index contributed by atoms with van der Waals surface area (Å²) in [6.07, 6.45) is 0. The minimum atomic E-state index is -0.450. The van der Waals surface area contributed by atoms with E-state index in [1.165, 1.54) is 7.11 Å². The van der Waals surface area contributed by atoms with Crippen LogP contribution in [0.3, 0.4) is 0 Å². The van der Waals surface area contributed by atoms with E-state index >= 15 is 0 Å². The summed E-state index contributed by atoms with van der Waals surface area (Å²) in [6.45, 7) is 3.80. The van der Waals surface area contributed by atoms with E-state index in [2.05, 4.69) is 4.74 Å². The first-order valence-electron chi connectivity index (χ1n) is 6.18. The Labute approximate surface area is 122 Å². The first-order valence-corrected chi connectivity index (χ1v) is 7.17. The number of benzene rings is 1. The van der Waals surface area contributed by atoms with Crippen LogP contribution in [0, 0.1) is 13.8 Å². The molecule has 0 aliphatic heterocycles. The first-order chi connectivity index (χ1) is 9.52. The predicted molar refractivity (Wildman–Crippen MR) is 79.9 cm³/mol. The minimum Gasteiger partial charge on any atom is -0.463 e. The van der Waals surface area contributed by atoms with E-state index in [0.717, 1.165) is 27.5 Å². The van der Waals surface area contributed by atoms with Gasteiger partial charge in [-0.15, -0.1) is 11.8 Å². The summed E-state index contributed by atoms with van der Waals surface area (Å²) in [5, 5.41) is 0. The summed E-state index contributed by atoms with van der Waals surface area (Å²) in [7, 11) is 1.34. The Morgan fingerprint density at radius 3 is 2.80 bits per heavy atom. The number of anilines is 1. The lowest BCUT2D eigenvalue weighted by Crippen LogP contribution is -2.00. The van der Waals surface area contributed by atoms with Crippen molar-refractivity contribution in [2.75, 3.05) is 12.8 Å². The molecule has 0 fully saturated rings. The predicted octanol–water partition coefficient (Wildman–Crippen LogP) is 3.56. The summed E-state index contributed by atoms with van der Waals surface area (Å²) < 4.78 is 10.2. The third-order valence-corrected chi connectivity index (χ3v) is 4.09. The maximum absolute atomic E-state index is 11.5. The number of nitrogen functional groups attached to an aromatic ring is 1. The van der Waals surface area contributed by atoms with Gasteiger partial charge >= 0.3 is 5.97 Å². The summed E-state index contributed by atoms with van der Waals surface area (Å²) in [5.41, 5.74) is 8.65. The molecule has 1 aromatic carbocycles. The van der Waals surface area contributed by atoms with Gasteiger partial charge < -0.3 is 14.9 Å². The van der Waals surface area contributed by atoms with Crippen molar-refractivity contribution in [3.8, 4) is 0 Å². The highest BCUT2D eigenvalue weighted by molar-refractivity contribution is 7.98. The fourth-order valence-corrected chi connectivity index (χ4v) is 2.77. The maximum atomic E-state index is 11.5. The quantitative estimate of drug-likeness (QED) is 0.530. The smallest absolute Gasteiger partial charge is 0.374 e. The molecule has 0 saturated carbocycles. The van der Waals surface area contributed by atoms with Crippen molar-refractivity contribution < 1.29 is 13.9 Å². The normalized spacial score (nSPS) is 10.6. The van der Waals surface area contributed by atoms with Crippen molar-refractivity contribution in [2.24, 2.45) is 0 Å². The highest BCUT2D eigenvalue weighted by Gasteiger charge is 2.16. The molecule has 5 heteroatoms. The molecule has 0 aliphatic carbocycles. The number of furan rings is 1. The van der Waals surface area contributed by atoms with Crippen LogP contribution in [0.2, 0.25) is 0 Å². The Morgan fingerprint density at radius 2 is 2.10 bits per heavy atom. The lowest BCUT2D eigenvalue weighted by molar-refractivity contribution is 0.0562. The number of rotatable bonds is 4. The van der Waals surface area contributed by atoms with E-state index in [1.807, 2.05) is 38.1 Å². The van der Waals surface area contributed by atoms with Crippen LogP contribution < -0.4 is 5.73 Å². The fourth-order valence-electron chi connectivity index (χ4n) is 1.84. The third kappa shape index (κ3) is 2.99. The average molecular weight is 291 g/mol. The van der Waals surface area contributed by atoms with Crippen LogP contribution in [0.1, 0.15) is 27.4 Å². The van der Waals surface area contributed by atoms with E-state index < -0.39 is 5.97 Å². The number of ether oxygens (including phenoxy) is 1. The van der Waals surface area contributed by atoms with Crippen molar-refractivity contribution in [3.05, 3.63) is 46.9 Å². The molecule has 2 rings (SSSR count). The largest absolute Gasteiger partial charge is 0.463 e. The molecule has 4 nitrogen and oxygen atoms in total.